The molecular weight excluding hydrogens is 212 g/mol. The molecule has 0 N–H and O–H groups in total. The van der Waals surface area contributed by atoms with E-state index in [4.69, 9.17) is 11.6 Å². The number of thioether (sulfide) groups is 1. The summed E-state index contributed by atoms with van der Waals surface area (Å²) >= 11 is 8.24. The summed E-state index contributed by atoms with van der Waals surface area (Å²) in [4.78, 5) is 0. The first-order valence-corrected chi connectivity index (χ1v) is 7.04. The van der Waals surface area contributed by atoms with Crippen LogP contribution in [0.5, 0.6) is 0 Å². The van der Waals surface area contributed by atoms with Crippen LogP contribution in [0.1, 0.15) is 40.0 Å². The number of rotatable bonds is 4. The number of hydrogen-bond donors (Lipinski definition) is 0. The maximum atomic E-state index is 6.23. The van der Waals surface area contributed by atoms with E-state index in [1.165, 1.54) is 24.3 Å². The Hall–Kier alpha value is 0.380. The van der Waals surface area contributed by atoms with Crippen molar-refractivity contribution in [3.8, 4) is 0 Å². The molecular formula is C12H21ClS. The predicted molar refractivity (Wildman–Crippen MR) is 68.4 cm³/mol. The van der Waals surface area contributed by atoms with Crippen molar-refractivity contribution in [3.63, 3.8) is 0 Å². The maximum Gasteiger partial charge on any atom is 0.0523 e. The Labute approximate surface area is 97.5 Å². The van der Waals surface area contributed by atoms with Gasteiger partial charge in [-0.05, 0) is 36.2 Å². The molecule has 0 saturated heterocycles. The lowest BCUT2D eigenvalue weighted by molar-refractivity contribution is 0.320. The minimum atomic E-state index is 0.264. The van der Waals surface area contributed by atoms with Crippen LogP contribution in [-0.2, 0) is 0 Å². The number of alkyl halides is 1. The quantitative estimate of drug-likeness (QED) is 0.391. The second kappa shape index (κ2) is 5.46. The summed E-state index contributed by atoms with van der Waals surface area (Å²) in [6.07, 6.45) is 5.87. The van der Waals surface area contributed by atoms with Gasteiger partial charge in [-0.25, -0.2) is 0 Å². The van der Waals surface area contributed by atoms with Crippen molar-refractivity contribution in [2.75, 3.05) is 11.5 Å². The fraction of sp³-hybridized carbons (Fsp3) is 0.833. The van der Waals surface area contributed by atoms with Crippen molar-refractivity contribution in [3.05, 3.63) is 11.6 Å². The van der Waals surface area contributed by atoms with Crippen molar-refractivity contribution >= 4 is 23.4 Å². The molecule has 82 valence electrons. The van der Waals surface area contributed by atoms with Gasteiger partial charge in [-0.1, -0.05) is 32.4 Å². The van der Waals surface area contributed by atoms with Crippen LogP contribution in [0.4, 0.5) is 0 Å². The minimum absolute atomic E-state index is 0.264. The van der Waals surface area contributed by atoms with E-state index in [1.807, 2.05) is 11.8 Å². The van der Waals surface area contributed by atoms with Gasteiger partial charge in [0.05, 0.1) is 5.38 Å². The van der Waals surface area contributed by atoms with Crippen LogP contribution in [0.2, 0.25) is 0 Å². The first kappa shape index (κ1) is 12.4. The van der Waals surface area contributed by atoms with Gasteiger partial charge in [-0.2, -0.15) is 11.8 Å². The molecule has 1 unspecified atom stereocenters. The van der Waals surface area contributed by atoms with E-state index in [1.54, 1.807) is 5.57 Å². The summed E-state index contributed by atoms with van der Waals surface area (Å²) in [6.45, 7) is 6.86. The lowest BCUT2D eigenvalue weighted by Gasteiger charge is -2.32. The molecule has 14 heavy (non-hydrogen) atoms. The van der Waals surface area contributed by atoms with Crippen molar-refractivity contribution in [2.24, 2.45) is 5.41 Å². The smallest absolute Gasteiger partial charge is 0.0523 e. The fourth-order valence-corrected chi connectivity index (χ4v) is 3.40. The molecule has 1 aliphatic carbocycles. The molecule has 1 aliphatic rings. The molecule has 0 spiro atoms. The Morgan fingerprint density at radius 3 is 2.86 bits per heavy atom. The molecule has 0 aromatic rings. The van der Waals surface area contributed by atoms with Crippen molar-refractivity contribution in [1.29, 1.82) is 0 Å². The van der Waals surface area contributed by atoms with Gasteiger partial charge in [0.2, 0.25) is 0 Å². The first-order chi connectivity index (χ1) is 6.53. The maximum absolute atomic E-state index is 6.23. The molecule has 0 saturated carbocycles. The summed E-state index contributed by atoms with van der Waals surface area (Å²) in [5.74, 6) is 2.48. The minimum Gasteiger partial charge on any atom is -0.162 e. The molecule has 0 heterocycles. The van der Waals surface area contributed by atoms with Crippen LogP contribution in [-0.4, -0.2) is 16.9 Å². The van der Waals surface area contributed by atoms with Gasteiger partial charge in [0, 0.05) is 0 Å². The molecule has 1 rings (SSSR count). The second-order valence-electron chi connectivity index (χ2n) is 4.83. The summed E-state index contributed by atoms with van der Waals surface area (Å²) in [7, 11) is 0. The zero-order valence-corrected chi connectivity index (χ0v) is 11.0. The van der Waals surface area contributed by atoms with Gasteiger partial charge in [0.1, 0.15) is 0 Å². The SMILES string of the molecule is CCSCCC1=CC(Cl)CC(C)(C)C1. The molecule has 0 aromatic carbocycles. The predicted octanol–water partition coefficient (Wildman–Crippen LogP) is 4.48. The van der Waals surface area contributed by atoms with E-state index in [0.717, 1.165) is 6.42 Å². The van der Waals surface area contributed by atoms with Crippen LogP contribution >= 0.6 is 23.4 Å². The molecule has 0 aliphatic heterocycles. The average molecular weight is 233 g/mol. The Morgan fingerprint density at radius 2 is 2.29 bits per heavy atom. The van der Waals surface area contributed by atoms with Gasteiger partial charge in [0.15, 0.2) is 0 Å². The average Bonchev–Trinajstić information content (AvgIpc) is 2.00. The van der Waals surface area contributed by atoms with E-state index >= 15 is 0 Å². The normalized spacial score (nSPS) is 26.0. The summed E-state index contributed by atoms with van der Waals surface area (Å²) < 4.78 is 0. The summed E-state index contributed by atoms with van der Waals surface area (Å²) in [5, 5.41) is 0.264. The third-order valence-electron chi connectivity index (χ3n) is 2.64. The van der Waals surface area contributed by atoms with Gasteiger partial charge in [0.25, 0.3) is 0 Å². The highest BCUT2D eigenvalue weighted by molar-refractivity contribution is 7.99. The molecule has 0 aromatic heterocycles. The third kappa shape index (κ3) is 4.27. The largest absolute Gasteiger partial charge is 0.162 e. The van der Waals surface area contributed by atoms with Crippen molar-refractivity contribution in [1.82, 2.24) is 0 Å². The molecule has 0 nitrogen and oxygen atoms in total. The van der Waals surface area contributed by atoms with Crippen molar-refractivity contribution in [2.45, 2.75) is 45.4 Å². The lowest BCUT2D eigenvalue weighted by Crippen LogP contribution is -2.22. The third-order valence-corrected chi connectivity index (χ3v) is 3.82. The standard InChI is InChI=1S/C12H21ClS/c1-4-14-6-5-10-7-11(13)9-12(2,3)8-10/h7,11H,4-6,8-9H2,1-3H3. The number of halogens is 1. The second-order valence-corrected chi connectivity index (χ2v) is 6.79. The highest BCUT2D eigenvalue weighted by Crippen LogP contribution is 2.38. The zero-order chi connectivity index (χ0) is 10.6. The monoisotopic (exact) mass is 232 g/mol. The van der Waals surface area contributed by atoms with Gasteiger partial charge < -0.3 is 0 Å². The highest BCUT2D eigenvalue weighted by atomic mass is 35.5. The van der Waals surface area contributed by atoms with Crippen molar-refractivity contribution < 1.29 is 0 Å². The first-order valence-electron chi connectivity index (χ1n) is 5.45. The molecule has 0 amide bonds. The zero-order valence-electron chi connectivity index (χ0n) is 9.48. The van der Waals surface area contributed by atoms with Gasteiger partial charge in [-0.15, -0.1) is 11.6 Å². The Morgan fingerprint density at radius 1 is 1.57 bits per heavy atom. The van der Waals surface area contributed by atoms with E-state index in [9.17, 15) is 0 Å². The Balaban J connectivity index is 2.43. The van der Waals surface area contributed by atoms with Gasteiger partial charge >= 0.3 is 0 Å². The van der Waals surface area contributed by atoms with Crippen LogP contribution < -0.4 is 0 Å². The fourth-order valence-electron chi connectivity index (χ4n) is 2.11. The Kier molecular flexibility index (Phi) is 4.86. The van der Waals surface area contributed by atoms with Crippen LogP contribution in [0.15, 0.2) is 11.6 Å². The van der Waals surface area contributed by atoms with Crippen LogP contribution in [0.3, 0.4) is 0 Å². The number of allylic oxidation sites excluding steroid dienone is 2. The van der Waals surface area contributed by atoms with Crippen LogP contribution in [0, 0.1) is 5.41 Å². The van der Waals surface area contributed by atoms with Crippen LogP contribution in [0.25, 0.3) is 0 Å². The topological polar surface area (TPSA) is 0 Å². The molecule has 0 fully saturated rings. The molecule has 0 bridgehead atoms. The van der Waals surface area contributed by atoms with E-state index in [0.29, 0.717) is 5.41 Å². The molecule has 0 radical (unpaired) electrons. The molecule has 2 heteroatoms. The Bertz CT molecular complexity index is 208. The van der Waals surface area contributed by atoms with E-state index in [2.05, 4.69) is 26.8 Å². The van der Waals surface area contributed by atoms with Gasteiger partial charge in [-0.3, -0.25) is 0 Å². The lowest BCUT2D eigenvalue weighted by atomic mass is 9.76. The van der Waals surface area contributed by atoms with E-state index < -0.39 is 0 Å². The summed E-state index contributed by atoms with van der Waals surface area (Å²) in [6, 6.07) is 0. The highest BCUT2D eigenvalue weighted by Gasteiger charge is 2.27. The molecule has 1 atom stereocenters. The van der Waals surface area contributed by atoms with E-state index in [-0.39, 0.29) is 5.38 Å². The number of hydrogen-bond acceptors (Lipinski definition) is 1. The summed E-state index contributed by atoms with van der Waals surface area (Å²) in [5.41, 5.74) is 1.98.